The Morgan fingerprint density at radius 3 is 2.44 bits per heavy atom. The third-order valence-corrected chi connectivity index (χ3v) is 4.63. The SMILES string of the molecule is CC(F)(COc1cncc2nnc(-c3ccc(OC(F)F)cc3)n12)c1ccc(F)c(F)c1. The van der Waals surface area contributed by atoms with Gasteiger partial charge in [0.05, 0.1) is 12.4 Å². The molecule has 0 bridgehead atoms. The topological polar surface area (TPSA) is 61.5 Å². The fourth-order valence-corrected chi connectivity index (χ4v) is 3.01. The summed E-state index contributed by atoms with van der Waals surface area (Å²) in [6.07, 6.45) is 2.72. The summed E-state index contributed by atoms with van der Waals surface area (Å²) in [5.41, 5.74) is -1.47. The average molecular weight is 450 g/mol. The minimum Gasteiger partial charge on any atom is -0.474 e. The summed E-state index contributed by atoms with van der Waals surface area (Å²) in [7, 11) is 0. The van der Waals surface area contributed by atoms with E-state index in [-0.39, 0.29) is 23.0 Å². The van der Waals surface area contributed by atoms with E-state index in [1.165, 1.54) is 48.0 Å². The number of nitrogens with zero attached hydrogens (tertiary/aromatic N) is 4. The van der Waals surface area contributed by atoms with E-state index in [1.807, 2.05) is 0 Å². The van der Waals surface area contributed by atoms with Crippen LogP contribution in [0, 0.1) is 11.6 Å². The summed E-state index contributed by atoms with van der Waals surface area (Å²) in [4.78, 5) is 3.98. The lowest BCUT2D eigenvalue weighted by Gasteiger charge is -2.21. The summed E-state index contributed by atoms with van der Waals surface area (Å²) in [6.45, 7) is -2.33. The van der Waals surface area contributed by atoms with Crippen LogP contribution in [0.5, 0.6) is 11.6 Å². The first-order chi connectivity index (χ1) is 15.2. The first-order valence-corrected chi connectivity index (χ1v) is 9.26. The van der Waals surface area contributed by atoms with E-state index < -0.39 is 30.5 Å². The highest BCUT2D eigenvalue weighted by atomic mass is 19.3. The van der Waals surface area contributed by atoms with Gasteiger partial charge < -0.3 is 9.47 Å². The molecule has 1 unspecified atom stereocenters. The second-order valence-corrected chi connectivity index (χ2v) is 6.98. The van der Waals surface area contributed by atoms with Gasteiger partial charge in [-0.2, -0.15) is 8.78 Å². The maximum absolute atomic E-state index is 15.2. The van der Waals surface area contributed by atoms with Crippen molar-refractivity contribution in [3.63, 3.8) is 0 Å². The predicted molar refractivity (Wildman–Crippen MR) is 103 cm³/mol. The lowest BCUT2D eigenvalue weighted by atomic mass is 9.99. The zero-order valence-corrected chi connectivity index (χ0v) is 16.5. The smallest absolute Gasteiger partial charge is 0.387 e. The van der Waals surface area contributed by atoms with Crippen LogP contribution < -0.4 is 9.47 Å². The standard InChI is InChI=1S/C21H15F5N4O2/c1-21(26,13-4-7-15(22)16(23)8-13)11-31-18-10-27-9-17-28-29-19(30(17)18)12-2-5-14(6-3-12)32-20(24)25/h2-10,20H,11H2,1H3. The molecule has 32 heavy (non-hydrogen) atoms. The van der Waals surface area contributed by atoms with Gasteiger partial charge in [-0.05, 0) is 48.9 Å². The molecular formula is C21H15F5N4O2. The van der Waals surface area contributed by atoms with Crippen LogP contribution in [0.3, 0.4) is 0 Å². The van der Waals surface area contributed by atoms with Crippen LogP contribution in [0.4, 0.5) is 22.0 Å². The van der Waals surface area contributed by atoms with Crippen molar-refractivity contribution >= 4 is 5.65 Å². The Morgan fingerprint density at radius 1 is 1.00 bits per heavy atom. The van der Waals surface area contributed by atoms with Gasteiger partial charge in [0.15, 0.2) is 28.8 Å². The van der Waals surface area contributed by atoms with Crippen LogP contribution >= 0.6 is 0 Å². The number of benzene rings is 2. The monoisotopic (exact) mass is 450 g/mol. The molecular weight excluding hydrogens is 435 g/mol. The largest absolute Gasteiger partial charge is 0.474 e. The molecule has 0 N–H and O–H groups in total. The van der Waals surface area contributed by atoms with Gasteiger partial charge in [0.25, 0.3) is 0 Å². The van der Waals surface area contributed by atoms with E-state index in [0.29, 0.717) is 11.2 Å². The Balaban J connectivity index is 1.62. The molecule has 0 saturated heterocycles. The third kappa shape index (κ3) is 4.32. The fourth-order valence-electron chi connectivity index (χ4n) is 3.01. The number of aromatic nitrogens is 4. The number of rotatable bonds is 7. The van der Waals surface area contributed by atoms with Crippen molar-refractivity contribution in [2.75, 3.05) is 6.61 Å². The summed E-state index contributed by atoms with van der Waals surface area (Å²) in [5, 5.41) is 8.04. The highest BCUT2D eigenvalue weighted by molar-refractivity contribution is 5.61. The summed E-state index contributed by atoms with van der Waals surface area (Å²) in [6, 6.07) is 8.42. The van der Waals surface area contributed by atoms with Crippen LogP contribution in [0.15, 0.2) is 54.9 Å². The average Bonchev–Trinajstić information content (AvgIpc) is 3.19. The van der Waals surface area contributed by atoms with Gasteiger partial charge in [-0.3, -0.25) is 4.98 Å². The molecule has 166 valence electrons. The van der Waals surface area contributed by atoms with E-state index in [1.54, 1.807) is 0 Å². The number of hydrogen-bond acceptors (Lipinski definition) is 5. The van der Waals surface area contributed by atoms with Crippen molar-refractivity contribution in [3.8, 4) is 23.0 Å². The molecule has 1 atom stereocenters. The zero-order valence-electron chi connectivity index (χ0n) is 16.5. The van der Waals surface area contributed by atoms with Crippen LogP contribution in [-0.2, 0) is 5.67 Å². The lowest BCUT2D eigenvalue weighted by molar-refractivity contribution is -0.0498. The molecule has 11 heteroatoms. The maximum Gasteiger partial charge on any atom is 0.387 e. The molecule has 0 aliphatic heterocycles. The Hall–Kier alpha value is -3.76. The molecule has 4 rings (SSSR count). The van der Waals surface area contributed by atoms with E-state index in [0.717, 1.165) is 18.2 Å². The zero-order chi connectivity index (χ0) is 22.9. The van der Waals surface area contributed by atoms with E-state index >= 15 is 4.39 Å². The van der Waals surface area contributed by atoms with E-state index in [4.69, 9.17) is 4.74 Å². The Bertz CT molecular complexity index is 1240. The van der Waals surface area contributed by atoms with Crippen molar-refractivity contribution in [3.05, 3.63) is 72.1 Å². The number of fused-ring (bicyclic) bond motifs is 1. The predicted octanol–water partition coefficient (Wildman–Crippen LogP) is 4.93. The van der Waals surface area contributed by atoms with Crippen molar-refractivity contribution in [2.24, 2.45) is 0 Å². The fraction of sp³-hybridized carbons (Fsp3) is 0.190. The summed E-state index contributed by atoms with van der Waals surface area (Å²) < 4.78 is 78.0. The molecule has 6 nitrogen and oxygen atoms in total. The molecule has 0 radical (unpaired) electrons. The minimum absolute atomic E-state index is 0.0320. The molecule has 4 aromatic rings. The normalized spacial score (nSPS) is 13.3. The summed E-state index contributed by atoms with van der Waals surface area (Å²) >= 11 is 0. The number of halogens is 5. The van der Waals surface area contributed by atoms with Gasteiger partial charge in [-0.15, -0.1) is 10.2 Å². The first-order valence-electron chi connectivity index (χ1n) is 9.26. The molecule has 0 spiro atoms. The molecule has 0 saturated carbocycles. The van der Waals surface area contributed by atoms with Crippen molar-refractivity contribution in [1.82, 2.24) is 19.6 Å². The van der Waals surface area contributed by atoms with Gasteiger partial charge in [-0.25, -0.2) is 17.6 Å². The Labute approximate surface area is 178 Å². The molecule has 0 aliphatic carbocycles. The van der Waals surface area contributed by atoms with Gasteiger partial charge >= 0.3 is 6.61 Å². The van der Waals surface area contributed by atoms with Crippen LogP contribution in [0.2, 0.25) is 0 Å². The minimum atomic E-state index is -2.95. The third-order valence-electron chi connectivity index (χ3n) is 4.63. The number of ether oxygens (including phenoxy) is 2. The van der Waals surface area contributed by atoms with Gasteiger partial charge in [0, 0.05) is 5.56 Å². The Kier molecular flexibility index (Phi) is 5.64. The van der Waals surface area contributed by atoms with Gasteiger partial charge in [-0.1, -0.05) is 6.07 Å². The molecule has 2 heterocycles. The van der Waals surface area contributed by atoms with E-state index in [9.17, 15) is 17.6 Å². The number of hydrogen-bond donors (Lipinski definition) is 0. The quantitative estimate of drug-likeness (QED) is 0.374. The molecule has 0 fully saturated rings. The van der Waals surface area contributed by atoms with Gasteiger partial charge in [0.1, 0.15) is 12.4 Å². The lowest BCUT2D eigenvalue weighted by Crippen LogP contribution is -2.25. The molecule has 0 aliphatic rings. The Morgan fingerprint density at radius 2 is 1.75 bits per heavy atom. The van der Waals surface area contributed by atoms with Crippen LogP contribution in [0.1, 0.15) is 12.5 Å². The van der Waals surface area contributed by atoms with Crippen LogP contribution in [-0.4, -0.2) is 32.8 Å². The van der Waals surface area contributed by atoms with Gasteiger partial charge in [0.2, 0.25) is 5.88 Å². The molecule has 2 aromatic carbocycles. The van der Waals surface area contributed by atoms with Crippen molar-refractivity contribution < 1.29 is 31.4 Å². The van der Waals surface area contributed by atoms with Crippen molar-refractivity contribution in [2.45, 2.75) is 19.2 Å². The maximum atomic E-state index is 15.2. The second-order valence-electron chi connectivity index (χ2n) is 6.98. The van der Waals surface area contributed by atoms with E-state index in [2.05, 4.69) is 19.9 Å². The second kappa shape index (κ2) is 8.40. The molecule has 2 aromatic heterocycles. The van der Waals surface area contributed by atoms with Crippen molar-refractivity contribution in [1.29, 1.82) is 0 Å². The molecule has 0 amide bonds. The highest BCUT2D eigenvalue weighted by Gasteiger charge is 2.29. The van der Waals surface area contributed by atoms with Crippen LogP contribution in [0.25, 0.3) is 17.0 Å². The first kappa shape index (κ1) is 21.5. The summed E-state index contributed by atoms with van der Waals surface area (Å²) in [5.74, 6) is -1.92. The highest BCUT2D eigenvalue weighted by Crippen LogP contribution is 2.30. The number of alkyl halides is 3.